The molecule has 0 atom stereocenters. The van der Waals surface area contributed by atoms with Crippen LogP contribution >= 0.6 is 0 Å². The number of aromatic nitrogens is 5. The fourth-order valence-corrected chi connectivity index (χ4v) is 3.21. The molecule has 0 saturated carbocycles. The largest absolute Gasteiger partial charge is 0.475 e. The maximum atomic E-state index is 5.66. The third-order valence-corrected chi connectivity index (χ3v) is 4.51. The summed E-state index contributed by atoms with van der Waals surface area (Å²) in [6.45, 7) is 13.0. The number of nitrogens with zero attached hydrogens (tertiary/aromatic N) is 5. The second kappa shape index (κ2) is 12.5. The molecule has 0 spiro atoms. The van der Waals surface area contributed by atoms with Crippen LogP contribution in [0.4, 0.5) is 0 Å². The molecular formula is C25H33N5O2. The fraction of sp³-hybridized carbons (Fsp3) is 0.360. The zero-order valence-corrected chi connectivity index (χ0v) is 20.1. The van der Waals surface area contributed by atoms with Gasteiger partial charge in [0.15, 0.2) is 5.65 Å². The summed E-state index contributed by atoms with van der Waals surface area (Å²) in [6.07, 6.45) is 7.14. The van der Waals surface area contributed by atoms with Gasteiger partial charge in [0, 0.05) is 48.6 Å². The predicted octanol–water partition coefficient (Wildman–Crippen LogP) is 5.55. The highest BCUT2D eigenvalue weighted by atomic mass is 16.5. The molecule has 0 radical (unpaired) electrons. The van der Waals surface area contributed by atoms with Crippen molar-refractivity contribution < 1.29 is 9.47 Å². The van der Waals surface area contributed by atoms with Crippen molar-refractivity contribution in [2.24, 2.45) is 0 Å². The number of fused-ring (bicyclic) bond motifs is 1. The molecule has 0 fully saturated rings. The Morgan fingerprint density at radius 3 is 2.28 bits per heavy atom. The van der Waals surface area contributed by atoms with E-state index in [4.69, 9.17) is 14.5 Å². The van der Waals surface area contributed by atoms with Crippen molar-refractivity contribution in [3.05, 3.63) is 60.3 Å². The molecule has 4 rings (SSSR count). The van der Waals surface area contributed by atoms with Crippen LogP contribution in [0.2, 0.25) is 0 Å². The minimum Gasteiger partial charge on any atom is -0.475 e. The summed E-state index contributed by atoms with van der Waals surface area (Å²) < 4.78 is 12.6. The Kier molecular flexibility index (Phi) is 9.76. The van der Waals surface area contributed by atoms with Gasteiger partial charge < -0.3 is 9.47 Å². The first-order valence-electron chi connectivity index (χ1n) is 11.0. The van der Waals surface area contributed by atoms with Gasteiger partial charge in [0.1, 0.15) is 6.61 Å². The Labute approximate surface area is 190 Å². The Balaban J connectivity index is 0.000000860. The van der Waals surface area contributed by atoms with Crippen molar-refractivity contribution in [3.8, 4) is 28.3 Å². The molecule has 7 heteroatoms. The molecule has 32 heavy (non-hydrogen) atoms. The summed E-state index contributed by atoms with van der Waals surface area (Å²) in [5, 5.41) is 4.54. The van der Waals surface area contributed by atoms with Gasteiger partial charge in [-0.2, -0.15) is 5.10 Å². The lowest BCUT2D eigenvalue weighted by molar-refractivity contribution is 0.143. The average molecular weight is 436 g/mol. The lowest BCUT2D eigenvalue weighted by atomic mass is 10.1. The summed E-state index contributed by atoms with van der Waals surface area (Å²) in [5.74, 6) is 0.609. The Hall–Kier alpha value is -3.32. The van der Waals surface area contributed by atoms with Crippen molar-refractivity contribution in [3.63, 3.8) is 0 Å². The monoisotopic (exact) mass is 435 g/mol. The zero-order chi connectivity index (χ0) is 23.5. The number of imidazole rings is 1. The van der Waals surface area contributed by atoms with Crippen LogP contribution in [0.3, 0.4) is 0 Å². The smallest absolute Gasteiger partial charge is 0.216 e. The predicted molar refractivity (Wildman–Crippen MR) is 129 cm³/mol. The Morgan fingerprint density at radius 1 is 0.906 bits per heavy atom. The quantitative estimate of drug-likeness (QED) is 0.370. The van der Waals surface area contributed by atoms with Gasteiger partial charge in [-0.1, -0.05) is 27.7 Å². The number of pyridine rings is 2. The second-order valence-electron chi connectivity index (χ2n) is 6.45. The molecule has 170 valence electrons. The molecular weight excluding hydrogens is 402 g/mol. The molecule has 0 N–H and O–H groups in total. The molecule has 4 heterocycles. The van der Waals surface area contributed by atoms with Crippen LogP contribution in [0, 0.1) is 13.8 Å². The molecule has 4 aromatic rings. The van der Waals surface area contributed by atoms with Crippen LogP contribution in [0.5, 0.6) is 5.88 Å². The number of rotatable bonds is 6. The zero-order valence-electron chi connectivity index (χ0n) is 20.1. The van der Waals surface area contributed by atoms with Gasteiger partial charge in [-0.05, 0) is 43.7 Å². The minimum atomic E-state index is 0.467. The highest BCUT2D eigenvalue weighted by Crippen LogP contribution is 2.30. The van der Waals surface area contributed by atoms with E-state index in [1.54, 1.807) is 31.9 Å². The van der Waals surface area contributed by atoms with Gasteiger partial charge in [0.05, 0.1) is 18.0 Å². The van der Waals surface area contributed by atoms with Gasteiger partial charge in [-0.3, -0.25) is 4.98 Å². The number of methoxy groups -OCH3 is 1. The molecule has 0 aliphatic heterocycles. The normalized spacial score (nSPS) is 10.1. The van der Waals surface area contributed by atoms with Crippen molar-refractivity contribution in [2.45, 2.75) is 41.5 Å². The van der Waals surface area contributed by atoms with Crippen LogP contribution in [0.1, 0.15) is 39.0 Å². The van der Waals surface area contributed by atoms with Crippen LogP contribution in [-0.2, 0) is 4.74 Å². The van der Waals surface area contributed by atoms with E-state index in [2.05, 4.69) is 15.1 Å². The highest BCUT2D eigenvalue weighted by Gasteiger charge is 2.17. The SMILES string of the molecule is CC.CC.COCCOc1ncc(-c2c(C)nc3c(-c4ccncc4)ccnn23)cc1C. The lowest BCUT2D eigenvalue weighted by Gasteiger charge is -2.10. The third kappa shape index (κ3) is 5.48. The summed E-state index contributed by atoms with van der Waals surface area (Å²) in [4.78, 5) is 13.4. The van der Waals surface area contributed by atoms with Crippen LogP contribution in [0.25, 0.3) is 28.0 Å². The van der Waals surface area contributed by atoms with Gasteiger partial charge >= 0.3 is 0 Å². The molecule has 0 aliphatic rings. The third-order valence-electron chi connectivity index (χ3n) is 4.51. The lowest BCUT2D eigenvalue weighted by Crippen LogP contribution is -2.06. The summed E-state index contributed by atoms with van der Waals surface area (Å²) in [7, 11) is 1.65. The van der Waals surface area contributed by atoms with E-state index in [0.29, 0.717) is 19.1 Å². The number of hydrogen-bond donors (Lipinski definition) is 0. The van der Waals surface area contributed by atoms with Crippen molar-refractivity contribution in [2.75, 3.05) is 20.3 Å². The van der Waals surface area contributed by atoms with E-state index in [0.717, 1.165) is 39.3 Å². The first-order valence-corrected chi connectivity index (χ1v) is 11.0. The molecule has 7 nitrogen and oxygen atoms in total. The molecule has 0 aromatic carbocycles. The van der Waals surface area contributed by atoms with Gasteiger partial charge in [0.2, 0.25) is 5.88 Å². The molecule has 0 aliphatic carbocycles. The topological polar surface area (TPSA) is 74.4 Å². The van der Waals surface area contributed by atoms with E-state index in [-0.39, 0.29) is 0 Å². The average Bonchev–Trinajstić information content (AvgIpc) is 3.19. The molecule has 0 bridgehead atoms. The van der Waals surface area contributed by atoms with E-state index in [1.807, 2.05) is 70.3 Å². The molecule has 4 aromatic heterocycles. The van der Waals surface area contributed by atoms with E-state index >= 15 is 0 Å². The molecule has 0 unspecified atom stereocenters. The summed E-state index contributed by atoms with van der Waals surface area (Å²) in [5.41, 5.74) is 6.58. The number of aryl methyl sites for hydroxylation is 2. The highest BCUT2D eigenvalue weighted by molar-refractivity contribution is 5.80. The standard InChI is InChI=1S/C21H21N5O2.2C2H6/c1-14-12-17(13-23-21(14)28-11-10-27-3)19-15(2)25-20-18(6-9-24-26(19)20)16-4-7-22-8-5-16;2*1-2/h4-9,12-13H,10-11H2,1-3H3;2*1-2H3. The van der Waals surface area contributed by atoms with Crippen molar-refractivity contribution in [1.29, 1.82) is 0 Å². The second-order valence-corrected chi connectivity index (χ2v) is 6.45. The van der Waals surface area contributed by atoms with E-state index < -0.39 is 0 Å². The molecule has 0 amide bonds. The van der Waals surface area contributed by atoms with Gasteiger partial charge in [-0.25, -0.2) is 14.5 Å². The Bertz CT molecular complexity index is 1110. The first-order chi connectivity index (χ1) is 15.7. The van der Waals surface area contributed by atoms with Crippen LogP contribution in [0.15, 0.2) is 49.1 Å². The Morgan fingerprint density at radius 2 is 1.62 bits per heavy atom. The number of ether oxygens (including phenoxy) is 2. The minimum absolute atomic E-state index is 0.467. The van der Waals surface area contributed by atoms with Gasteiger partial charge in [0.25, 0.3) is 0 Å². The maximum Gasteiger partial charge on any atom is 0.216 e. The summed E-state index contributed by atoms with van der Waals surface area (Å²) in [6, 6.07) is 7.96. The molecule has 0 saturated heterocycles. The van der Waals surface area contributed by atoms with Gasteiger partial charge in [-0.15, -0.1) is 0 Å². The summed E-state index contributed by atoms with van der Waals surface area (Å²) >= 11 is 0. The van der Waals surface area contributed by atoms with E-state index in [9.17, 15) is 0 Å². The van der Waals surface area contributed by atoms with Crippen molar-refractivity contribution in [1.82, 2.24) is 24.6 Å². The van der Waals surface area contributed by atoms with E-state index in [1.165, 1.54) is 0 Å². The van der Waals surface area contributed by atoms with Crippen LogP contribution < -0.4 is 4.74 Å². The number of hydrogen-bond acceptors (Lipinski definition) is 6. The maximum absolute atomic E-state index is 5.66. The fourth-order valence-electron chi connectivity index (χ4n) is 3.21. The van der Waals surface area contributed by atoms with Crippen LogP contribution in [-0.4, -0.2) is 44.9 Å². The van der Waals surface area contributed by atoms with Crippen molar-refractivity contribution >= 4 is 5.65 Å². The first kappa shape index (κ1) is 24.9.